The van der Waals surface area contributed by atoms with Crippen molar-refractivity contribution in [3.63, 3.8) is 0 Å². The monoisotopic (exact) mass is 806 g/mol. The van der Waals surface area contributed by atoms with Crippen molar-refractivity contribution in [3.8, 4) is 21.8 Å². The van der Waals surface area contributed by atoms with Gasteiger partial charge in [-0.25, -0.2) is 56.2 Å². The van der Waals surface area contributed by atoms with Crippen LogP contribution in [-0.2, 0) is 0 Å². The molecule has 0 fully saturated rings. The summed E-state index contributed by atoms with van der Waals surface area (Å²) in [5.41, 5.74) is 0.607. The summed E-state index contributed by atoms with van der Waals surface area (Å²) in [6.45, 7) is 0. The molecule has 0 aliphatic carbocycles. The number of carbonyl (C=O) groups is 2. The number of ketones is 2. The standard InChI is InChI=1S/C34H8F6N6O4S4/c35-13-7-17(39)15(37)5-11(13)23(47)27-43-31-33(51-27)45-29(53-31)25-41-19-1-9-3-22-20(2-10(9)4-21(19)49-25)42-26(50-22)30-46-34-32(54-30)44-28(52-34)24(48)12-6-16(38)18(40)8-14(12)36/h1-8H. The number of aromatic nitrogens is 6. The second-order valence-corrected chi connectivity index (χ2v) is 15.4. The van der Waals surface area contributed by atoms with E-state index >= 15 is 0 Å². The van der Waals surface area contributed by atoms with Gasteiger partial charge in [-0.1, -0.05) is 45.3 Å². The molecule has 0 unspecified atom stereocenters. The fraction of sp³-hybridized carbons (Fsp3) is 0. The second-order valence-electron chi connectivity index (χ2n) is 11.5. The van der Waals surface area contributed by atoms with Crippen molar-refractivity contribution >= 4 is 109 Å². The Morgan fingerprint density at radius 1 is 0.444 bits per heavy atom. The predicted octanol–water partition coefficient (Wildman–Crippen LogP) is 9.89. The van der Waals surface area contributed by atoms with E-state index in [1.165, 1.54) is 0 Å². The van der Waals surface area contributed by atoms with Gasteiger partial charge in [0.25, 0.3) is 11.8 Å². The van der Waals surface area contributed by atoms with E-state index in [4.69, 9.17) is 8.83 Å². The van der Waals surface area contributed by atoms with E-state index in [0.29, 0.717) is 75.8 Å². The van der Waals surface area contributed by atoms with Crippen LogP contribution >= 0.6 is 45.3 Å². The van der Waals surface area contributed by atoms with Crippen molar-refractivity contribution in [2.24, 2.45) is 0 Å². The van der Waals surface area contributed by atoms with Gasteiger partial charge in [-0.05, 0) is 47.2 Å². The van der Waals surface area contributed by atoms with Gasteiger partial charge in [0.1, 0.15) is 22.7 Å². The SMILES string of the molecule is O=C(c1nc2sc(-c3nc4cc5cc6oc(-c7nc8sc(C(=O)c9cc(F)c(F)cc9F)nc8s7)nc6cc5cc4o3)nc2s1)c1cc(F)c(F)cc1F. The maximum Gasteiger partial charge on any atom is 0.257 e. The summed E-state index contributed by atoms with van der Waals surface area (Å²) in [5, 5.41) is 1.96. The van der Waals surface area contributed by atoms with E-state index < -0.39 is 57.6 Å². The smallest absolute Gasteiger partial charge is 0.257 e. The maximum absolute atomic E-state index is 14.2. The molecule has 0 spiro atoms. The van der Waals surface area contributed by atoms with Gasteiger partial charge in [-0.15, -0.1) is 0 Å². The second kappa shape index (κ2) is 11.8. The molecule has 0 amide bonds. The first-order chi connectivity index (χ1) is 25.9. The van der Waals surface area contributed by atoms with E-state index in [2.05, 4.69) is 29.9 Å². The molecule has 4 aromatic carbocycles. The van der Waals surface area contributed by atoms with E-state index in [9.17, 15) is 35.9 Å². The highest BCUT2D eigenvalue weighted by molar-refractivity contribution is 7.29. The van der Waals surface area contributed by atoms with Crippen molar-refractivity contribution in [1.29, 1.82) is 0 Å². The summed E-state index contributed by atoms with van der Waals surface area (Å²) in [6, 6.07) is 8.72. The van der Waals surface area contributed by atoms with Crippen LogP contribution in [0.1, 0.15) is 30.7 Å². The number of rotatable bonds is 6. The zero-order valence-corrected chi connectivity index (χ0v) is 29.1. The molecule has 0 saturated heterocycles. The first kappa shape index (κ1) is 32.7. The van der Waals surface area contributed by atoms with Crippen LogP contribution in [0, 0.1) is 34.9 Å². The van der Waals surface area contributed by atoms with Crippen LogP contribution < -0.4 is 0 Å². The fourth-order valence-corrected chi connectivity index (χ4v) is 9.41. The summed E-state index contributed by atoms with van der Waals surface area (Å²) >= 11 is 3.89. The third kappa shape index (κ3) is 5.20. The van der Waals surface area contributed by atoms with Crippen molar-refractivity contribution < 1.29 is 44.8 Å². The molecule has 54 heavy (non-hydrogen) atoms. The molecule has 0 aliphatic rings. The Morgan fingerprint density at radius 2 is 0.833 bits per heavy atom. The van der Waals surface area contributed by atoms with Crippen LogP contribution in [0.3, 0.4) is 0 Å². The van der Waals surface area contributed by atoms with E-state index in [1.54, 1.807) is 24.3 Å². The molecule has 10 rings (SSSR count). The molecule has 264 valence electrons. The fourth-order valence-electron chi connectivity index (χ4n) is 5.56. The lowest BCUT2D eigenvalue weighted by Gasteiger charge is -2.00. The van der Waals surface area contributed by atoms with Crippen molar-refractivity contribution in [1.82, 2.24) is 29.9 Å². The molecular formula is C34H8F6N6O4S4. The molecular weight excluding hydrogens is 799 g/mol. The Morgan fingerprint density at radius 3 is 1.24 bits per heavy atom. The maximum atomic E-state index is 14.2. The van der Waals surface area contributed by atoms with Crippen LogP contribution in [0.5, 0.6) is 0 Å². The molecule has 6 heterocycles. The Bertz CT molecular complexity index is 2930. The number of halogens is 6. The van der Waals surface area contributed by atoms with Crippen LogP contribution in [0.25, 0.3) is 74.1 Å². The number of hydrogen-bond acceptors (Lipinski definition) is 14. The number of nitrogens with zero attached hydrogens (tertiary/aromatic N) is 6. The van der Waals surface area contributed by atoms with E-state index in [0.717, 1.165) is 56.1 Å². The lowest BCUT2D eigenvalue weighted by Crippen LogP contribution is -2.05. The quantitative estimate of drug-likeness (QED) is 0.0907. The van der Waals surface area contributed by atoms with E-state index in [-0.39, 0.29) is 21.8 Å². The summed E-state index contributed by atoms with van der Waals surface area (Å²) < 4.78 is 94.4. The largest absolute Gasteiger partial charge is 0.434 e. The van der Waals surface area contributed by atoms with Gasteiger partial charge in [0, 0.05) is 12.1 Å². The predicted molar refractivity (Wildman–Crippen MR) is 187 cm³/mol. The Labute approximate surface area is 309 Å². The number of carbonyl (C=O) groups excluding carboxylic acids is 2. The van der Waals surface area contributed by atoms with Gasteiger partial charge in [0.2, 0.25) is 11.6 Å². The average Bonchev–Trinajstić information content (AvgIpc) is 3.97. The van der Waals surface area contributed by atoms with E-state index in [1.807, 2.05) is 0 Å². The van der Waals surface area contributed by atoms with Crippen LogP contribution in [0.15, 0.2) is 57.4 Å². The number of fused-ring (bicyclic) bond motifs is 5. The van der Waals surface area contributed by atoms with Crippen molar-refractivity contribution in [2.45, 2.75) is 0 Å². The van der Waals surface area contributed by atoms with Crippen LogP contribution in [0.4, 0.5) is 26.3 Å². The highest BCUT2D eigenvalue weighted by Gasteiger charge is 2.26. The minimum Gasteiger partial charge on any atom is -0.434 e. The highest BCUT2D eigenvalue weighted by Crippen LogP contribution is 2.38. The Balaban J connectivity index is 0.921. The van der Waals surface area contributed by atoms with Gasteiger partial charge in [-0.3, -0.25) is 9.59 Å². The summed E-state index contributed by atoms with van der Waals surface area (Å²) in [5.74, 6) is -9.37. The van der Waals surface area contributed by atoms with Crippen LogP contribution in [0.2, 0.25) is 0 Å². The number of oxazole rings is 2. The molecule has 10 nitrogen and oxygen atoms in total. The number of hydrogen-bond donors (Lipinski definition) is 0. The molecule has 6 aromatic heterocycles. The first-order valence-electron chi connectivity index (χ1n) is 15.0. The van der Waals surface area contributed by atoms with Crippen molar-refractivity contribution in [3.05, 3.63) is 105 Å². The number of thiazole rings is 4. The van der Waals surface area contributed by atoms with Gasteiger partial charge < -0.3 is 8.83 Å². The highest BCUT2D eigenvalue weighted by atomic mass is 32.1. The van der Waals surface area contributed by atoms with Gasteiger partial charge >= 0.3 is 0 Å². The zero-order chi connectivity index (χ0) is 37.2. The summed E-state index contributed by atoms with van der Waals surface area (Å²) in [6.07, 6.45) is 0. The zero-order valence-electron chi connectivity index (χ0n) is 25.8. The summed E-state index contributed by atoms with van der Waals surface area (Å²) in [7, 11) is 0. The molecule has 0 bridgehead atoms. The summed E-state index contributed by atoms with van der Waals surface area (Å²) in [4.78, 5) is 53.5. The Hall–Kier alpha value is -5.96. The first-order valence-corrected chi connectivity index (χ1v) is 18.3. The molecule has 0 aliphatic heterocycles. The third-order valence-corrected chi connectivity index (χ3v) is 12.1. The van der Waals surface area contributed by atoms with Gasteiger partial charge in [0.05, 0.1) is 11.1 Å². The third-order valence-electron chi connectivity index (χ3n) is 8.07. The van der Waals surface area contributed by atoms with Crippen molar-refractivity contribution in [2.75, 3.05) is 0 Å². The number of benzene rings is 4. The molecule has 0 radical (unpaired) electrons. The lowest BCUT2D eigenvalue weighted by molar-refractivity contribution is 0.102. The topological polar surface area (TPSA) is 138 Å². The minimum atomic E-state index is -1.41. The molecule has 0 saturated carbocycles. The minimum absolute atomic E-state index is 0.141. The van der Waals surface area contributed by atoms with Crippen LogP contribution in [-0.4, -0.2) is 41.5 Å². The molecule has 0 N–H and O–H groups in total. The molecule has 10 aromatic rings. The molecule has 0 atom stereocenters. The molecule has 20 heteroatoms. The normalized spacial score (nSPS) is 12.0. The average molecular weight is 807 g/mol. The lowest BCUT2D eigenvalue weighted by atomic mass is 10.1. The Kier molecular flexibility index (Phi) is 7.12. The van der Waals surface area contributed by atoms with Gasteiger partial charge in [-0.2, -0.15) is 0 Å². The van der Waals surface area contributed by atoms with Gasteiger partial charge in [0.15, 0.2) is 73.8 Å².